The standard InChI is InChI=1S/C16H13N7S/c1-23-8-5-14(22-23)21-16-18-7-4-12(20-16)15-19-13(10-24-15)11-3-2-6-17-9-11/h2-10H,1H3,(H,18,20,21,22). The number of hydrogen-bond acceptors (Lipinski definition) is 7. The van der Waals surface area contributed by atoms with Crippen LogP contribution in [0.4, 0.5) is 11.8 Å². The smallest absolute Gasteiger partial charge is 0.229 e. The van der Waals surface area contributed by atoms with Gasteiger partial charge < -0.3 is 5.32 Å². The van der Waals surface area contributed by atoms with Gasteiger partial charge in [-0.15, -0.1) is 11.3 Å². The molecule has 24 heavy (non-hydrogen) atoms. The maximum absolute atomic E-state index is 4.64. The second-order valence-corrected chi connectivity index (χ2v) is 5.90. The van der Waals surface area contributed by atoms with Gasteiger partial charge in [0, 0.05) is 48.8 Å². The van der Waals surface area contributed by atoms with Gasteiger partial charge in [-0.1, -0.05) is 0 Å². The molecule has 1 N–H and O–H groups in total. The first kappa shape index (κ1) is 14.5. The van der Waals surface area contributed by atoms with Gasteiger partial charge in [-0.05, 0) is 18.2 Å². The van der Waals surface area contributed by atoms with Crippen LogP contribution in [0.5, 0.6) is 0 Å². The number of pyridine rings is 1. The van der Waals surface area contributed by atoms with Crippen LogP contribution in [0.3, 0.4) is 0 Å². The minimum absolute atomic E-state index is 0.490. The number of aromatic nitrogens is 6. The highest BCUT2D eigenvalue weighted by atomic mass is 32.1. The minimum Gasteiger partial charge on any atom is -0.307 e. The van der Waals surface area contributed by atoms with E-state index in [1.807, 2.05) is 42.9 Å². The van der Waals surface area contributed by atoms with Crippen molar-refractivity contribution in [2.75, 3.05) is 5.32 Å². The van der Waals surface area contributed by atoms with Crippen LogP contribution >= 0.6 is 11.3 Å². The Morgan fingerprint density at radius 1 is 1.08 bits per heavy atom. The van der Waals surface area contributed by atoms with E-state index in [0.717, 1.165) is 22.0 Å². The van der Waals surface area contributed by atoms with Crippen molar-refractivity contribution in [3.05, 3.63) is 54.4 Å². The number of nitrogens with one attached hydrogen (secondary N) is 1. The fourth-order valence-corrected chi connectivity index (χ4v) is 2.97. The van der Waals surface area contributed by atoms with Crippen LogP contribution in [-0.2, 0) is 7.05 Å². The number of hydrogen-bond donors (Lipinski definition) is 1. The predicted octanol–water partition coefficient (Wildman–Crippen LogP) is 3.14. The zero-order valence-electron chi connectivity index (χ0n) is 12.8. The van der Waals surface area contributed by atoms with Gasteiger partial charge in [0.1, 0.15) is 10.7 Å². The highest BCUT2D eigenvalue weighted by Crippen LogP contribution is 2.27. The Morgan fingerprint density at radius 3 is 2.83 bits per heavy atom. The Labute approximate surface area is 142 Å². The molecule has 0 bridgehead atoms. The molecule has 0 spiro atoms. The zero-order chi connectivity index (χ0) is 16.4. The molecule has 4 aromatic rings. The Balaban J connectivity index is 1.61. The van der Waals surface area contributed by atoms with E-state index in [9.17, 15) is 0 Å². The first-order valence-corrected chi connectivity index (χ1v) is 8.12. The second kappa shape index (κ2) is 6.17. The third-order valence-corrected chi connectivity index (χ3v) is 4.15. The molecule has 0 aliphatic rings. The summed E-state index contributed by atoms with van der Waals surface area (Å²) in [5.74, 6) is 1.19. The summed E-state index contributed by atoms with van der Waals surface area (Å²) in [6.07, 6.45) is 7.11. The lowest BCUT2D eigenvalue weighted by atomic mass is 10.2. The SMILES string of the molecule is Cn1ccc(Nc2nccc(-c3nc(-c4cccnc4)cs3)n2)n1. The van der Waals surface area contributed by atoms with Crippen molar-refractivity contribution in [2.45, 2.75) is 0 Å². The van der Waals surface area contributed by atoms with Crippen LogP contribution in [0.25, 0.3) is 22.0 Å². The molecule has 0 atom stereocenters. The van der Waals surface area contributed by atoms with Gasteiger partial charge >= 0.3 is 0 Å². The molecule has 0 aromatic carbocycles. The van der Waals surface area contributed by atoms with E-state index in [4.69, 9.17) is 0 Å². The largest absolute Gasteiger partial charge is 0.307 e. The Hall–Kier alpha value is -3.13. The summed E-state index contributed by atoms with van der Waals surface area (Å²) in [4.78, 5) is 17.5. The molecule has 0 saturated carbocycles. The first-order valence-electron chi connectivity index (χ1n) is 7.24. The molecule has 7 nitrogen and oxygen atoms in total. The van der Waals surface area contributed by atoms with Gasteiger partial charge in [0.05, 0.1) is 5.69 Å². The second-order valence-electron chi connectivity index (χ2n) is 5.04. The molecule has 0 fully saturated rings. The molecule has 0 aliphatic carbocycles. The Kier molecular flexibility index (Phi) is 3.72. The summed E-state index contributed by atoms with van der Waals surface area (Å²) in [6, 6.07) is 7.59. The van der Waals surface area contributed by atoms with E-state index in [1.165, 1.54) is 11.3 Å². The molecule has 0 unspecified atom stereocenters. The molecule has 0 amide bonds. The maximum Gasteiger partial charge on any atom is 0.229 e. The molecule has 4 aromatic heterocycles. The molecule has 0 radical (unpaired) electrons. The van der Waals surface area contributed by atoms with E-state index < -0.39 is 0 Å². The maximum atomic E-state index is 4.64. The lowest BCUT2D eigenvalue weighted by Crippen LogP contribution is -1.99. The number of thiazole rings is 1. The summed E-state index contributed by atoms with van der Waals surface area (Å²) in [5, 5.41) is 10.2. The fourth-order valence-electron chi connectivity index (χ4n) is 2.17. The van der Waals surface area contributed by atoms with Gasteiger partial charge in [-0.25, -0.2) is 15.0 Å². The average Bonchev–Trinajstić information content (AvgIpc) is 3.25. The van der Waals surface area contributed by atoms with Crippen LogP contribution in [0.1, 0.15) is 0 Å². The summed E-state index contributed by atoms with van der Waals surface area (Å²) in [5.41, 5.74) is 2.64. The van der Waals surface area contributed by atoms with Crippen molar-refractivity contribution in [1.82, 2.24) is 29.7 Å². The van der Waals surface area contributed by atoms with E-state index in [-0.39, 0.29) is 0 Å². The van der Waals surface area contributed by atoms with Gasteiger partial charge in [0.2, 0.25) is 5.95 Å². The predicted molar refractivity (Wildman–Crippen MR) is 92.9 cm³/mol. The van der Waals surface area contributed by atoms with Gasteiger partial charge in [0.15, 0.2) is 5.82 Å². The lowest BCUT2D eigenvalue weighted by Gasteiger charge is -2.02. The quantitative estimate of drug-likeness (QED) is 0.617. The van der Waals surface area contributed by atoms with Crippen molar-refractivity contribution >= 4 is 23.1 Å². The van der Waals surface area contributed by atoms with Crippen LogP contribution < -0.4 is 5.32 Å². The molecule has 118 valence electrons. The number of aryl methyl sites for hydroxylation is 1. The van der Waals surface area contributed by atoms with Crippen molar-refractivity contribution in [1.29, 1.82) is 0 Å². The Morgan fingerprint density at radius 2 is 2.04 bits per heavy atom. The minimum atomic E-state index is 0.490. The molecule has 8 heteroatoms. The van der Waals surface area contributed by atoms with Crippen molar-refractivity contribution in [2.24, 2.45) is 7.05 Å². The summed E-state index contributed by atoms with van der Waals surface area (Å²) < 4.78 is 1.72. The monoisotopic (exact) mass is 335 g/mol. The molecule has 4 heterocycles. The Bertz CT molecular complexity index is 961. The van der Waals surface area contributed by atoms with Crippen molar-refractivity contribution < 1.29 is 0 Å². The lowest BCUT2D eigenvalue weighted by molar-refractivity contribution is 0.771. The summed E-state index contributed by atoms with van der Waals surface area (Å²) >= 11 is 1.54. The van der Waals surface area contributed by atoms with Gasteiger partial charge in [-0.2, -0.15) is 5.10 Å². The topological polar surface area (TPSA) is 81.4 Å². The highest BCUT2D eigenvalue weighted by molar-refractivity contribution is 7.13. The molecule has 0 aliphatic heterocycles. The van der Waals surface area contributed by atoms with Crippen molar-refractivity contribution in [3.63, 3.8) is 0 Å². The summed E-state index contributed by atoms with van der Waals surface area (Å²) in [7, 11) is 1.86. The summed E-state index contributed by atoms with van der Waals surface area (Å²) in [6.45, 7) is 0. The van der Waals surface area contributed by atoms with Crippen LogP contribution in [-0.4, -0.2) is 29.7 Å². The molecule has 0 saturated heterocycles. The third kappa shape index (κ3) is 2.99. The normalized spacial score (nSPS) is 10.7. The number of rotatable bonds is 4. The molecular formula is C16H13N7S. The third-order valence-electron chi connectivity index (χ3n) is 3.29. The van der Waals surface area contributed by atoms with Crippen LogP contribution in [0.2, 0.25) is 0 Å². The van der Waals surface area contributed by atoms with Crippen LogP contribution in [0, 0.1) is 0 Å². The zero-order valence-corrected chi connectivity index (χ0v) is 13.6. The van der Waals surface area contributed by atoms with E-state index in [1.54, 1.807) is 23.3 Å². The average molecular weight is 335 g/mol. The fraction of sp³-hybridized carbons (Fsp3) is 0.0625. The van der Waals surface area contributed by atoms with Crippen LogP contribution in [0.15, 0.2) is 54.4 Å². The van der Waals surface area contributed by atoms with E-state index in [0.29, 0.717) is 11.8 Å². The molecular weight excluding hydrogens is 322 g/mol. The highest BCUT2D eigenvalue weighted by Gasteiger charge is 2.09. The number of anilines is 2. The van der Waals surface area contributed by atoms with Crippen molar-refractivity contribution in [3.8, 4) is 22.0 Å². The molecule has 4 rings (SSSR count). The van der Waals surface area contributed by atoms with Gasteiger partial charge in [0.25, 0.3) is 0 Å². The number of nitrogens with zero attached hydrogens (tertiary/aromatic N) is 6. The van der Waals surface area contributed by atoms with Gasteiger partial charge in [-0.3, -0.25) is 9.67 Å². The van der Waals surface area contributed by atoms with E-state index >= 15 is 0 Å². The first-order chi connectivity index (χ1) is 11.8. The van der Waals surface area contributed by atoms with E-state index in [2.05, 4.69) is 30.4 Å².